The molecule has 5 heteroatoms. The van der Waals surface area contributed by atoms with Gasteiger partial charge in [-0.25, -0.2) is 0 Å². The third-order valence-corrected chi connectivity index (χ3v) is 4.04. The zero-order chi connectivity index (χ0) is 12.4. The molecule has 1 atom stereocenters. The average Bonchev–Trinajstić information content (AvgIpc) is 2.75. The van der Waals surface area contributed by atoms with E-state index in [1.54, 1.807) is 12.1 Å². The first-order valence-corrected chi connectivity index (χ1v) is 6.99. The molecule has 1 unspecified atom stereocenters. The van der Waals surface area contributed by atoms with Crippen molar-refractivity contribution in [3.63, 3.8) is 0 Å². The van der Waals surface area contributed by atoms with Crippen molar-refractivity contribution in [3.8, 4) is 0 Å². The van der Waals surface area contributed by atoms with Crippen LogP contribution in [-0.4, -0.2) is 29.3 Å². The van der Waals surface area contributed by atoms with E-state index in [0.717, 1.165) is 25.9 Å². The minimum atomic E-state index is -0.0311. The van der Waals surface area contributed by atoms with Crippen LogP contribution in [0.15, 0.2) is 21.2 Å². The molecule has 0 bridgehead atoms. The van der Waals surface area contributed by atoms with Crippen LogP contribution < -0.4 is 0 Å². The summed E-state index contributed by atoms with van der Waals surface area (Å²) in [4.78, 5) is 13.9. The Hall–Kier alpha value is -0.480. The maximum atomic E-state index is 12.1. The van der Waals surface area contributed by atoms with Crippen molar-refractivity contribution in [2.75, 3.05) is 13.1 Å². The third kappa shape index (κ3) is 3.05. The van der Waals surface area contributed by atoms with E-state index in [1.165, 1.54) is 0 Å². The van der Waals surface area contributed by atoms with Gasteiger partial charge in [0.2, 0.25) is 0 Å². The van der Waals surface area contributed by atoms with E-state index in [9.17, 15) is 4.79 Å². The van der Waals surface area contributed by atoms with E-state index in [0.29, 0.717) is 16.3 Å². The lowest BCUT2D eigenvalue weighted by molar-refractivity contribution is 0.0656. The van der Waals surface area contributed by atoms with Crippen molar-refractivity contribution in [1.29, 1.82) is 0 Å². The molecular weight excluding hydrogens is 305 g/mol. The van der Waals surface area contributed by atoms with E-state index < -0.39 is 0 Å². The Morgan fingerprint density at radius 3 is 2.65 bits per heavy atom. The van der Waals surface area contributed by atoms with E-state index >= 15 is 0 Å². The fraction of sp³-hybridized carbons (Fsp3) is 0.583. The van der Waals surface area contributed by atoms with E-state index in [4.69, 9.17) is 16.0 Å². The number of carbonyl (C=O) groups is 1. The molecule has 1 aliphatic rings. The monoisotopic (exact) mass is 319 g/mol. The maximum Gasteiger partial charge on any atom is 0.289 e. The largest absolute Gasteiger partial charge is 0.444 e. The van der Waals surface area contributed by atoms with Gasteiger partial charge in [0.1, 0.15) is 0 Å². The highest BCUT2D eigenvalue weighted by Crippen LogP contribution is 2.25. The lowest BCUT2D eigenvalue weighted by atomic mass is 9.94. The van der Waals surface area contributed by atoms with Crippen LogP contribution in [0.5, 0.6) is 0 Å². The van der Waals surface area contributed by atoms with E-state index in [2.05, 4.69) is 15.9 Å². The summed E-state index contributed by atoms with van der Waals surface area (Å²) in [5.41, 5.74) is 0. The molecule has 0 aliphatic carbocycles. The maximum absolute atomic E-state index is 12.1. The summed E-state index contributed by atoms with van der Waals surface area (Å²) in [6, 6.07) is 3.43. The molecule has 0 aromatic carbocycles. The summed E-state index contributed by atoms with van der Waals surface area (Å²) in [5.74, 6) is 0.884. The molecule has 0 spiro atoms. The van der Waals surface area contributed by atoms with Gasteiger partial charge in [0, 0.05) is 18.5 Å². The lowest BCUT2D eigenvalue weighted by Gasteiger charge is -2.32. The number of furan rings is 1. The van der Waals surface area contributed by atoms with Crippen LogP contribution in [0.2, 0.25) is 0 Å². The summed E-state index contributed by atoms with van der Waals surface area (Å²) in [6.07, 6.45) is 1.94. The molecular formula is C12H15BrClNO2. The number of hydrogen-bond donors (Lipinski definition) is 0. The Morgan fingerprint density at radius 2 is 2.18 bits per heavy atom. The summed E-state index contributed by atoms with van der Waals surface area (Å²) >= 11 is 9.27. The van der Waals surface area contributed by atoms with Crippen LogP contribution >= 0.6 is 27.5 Å². The number of rotatable bonds is 2. The molecule has 17 heavy (non-hydrogen) atoms. The smallest absolute Gasteiger partial charge is 0.289 e. The second-order valence-electron chi connectivity index (χ2n) is 4.41. The predicted molar refractivity (Wildman–Crippen MR) is 70.4 cm³/mol. The molecule has 1 amide bonds. The fourth-order valence-corrected chi connectivity index (χ4v) is 2.71. The van der Waals surface area contributed by atoms with Crippen LogP contribution in [0.1, 0.15) is 30.3 Å². The first-order valence-electron chi connectivity index (χ1n) is 5.76. The molecule has 1 aromatic rings. The third-order valence-electron chi connectivity index (χ3n) is 3.26. The number of likely N-dealkylation sites (tertiary alicyclic amines) is 1. The molecule has 1 aliphatic heterocycles. The van der Waals surface area contributed by atoms with Gasteiger partial charge in [-0.3, -0.25) is 4.79 Å². The van der Waals surface area contributed by atoms with Gasteiger partial charge >= 0.3 is 0 Å². The summed E-state index contributed by atoms with van der Waals surface area (Å²) in [7, 11) is 0. The number of nitrogens with zero attached hydrogens (tertiary/aromatic N) is 1. The molecule has 0 saturated carbocycles. The number of piperidine rings is 1. The number of hydrogen-bond acceptors (Lipinski definition) is 2. The van der Waals surface area contributed by atoms with Crippen molar-refractivity contribution >= 4 is 33.4 Å². The fourth-order valence-electron chi connectivity index (χ4n) is 2.15. The summed E-state index contributed by atoms with van der Waals surface area (Å²) in [5, 5.41) is 0.185. The van der Waals surface area contributed by atoms with Gasteiger partial charge in [0.15, 0.2) is 10.4 Å². The summed E-state index contributed by atoms with van der Waals surface area (Å²) in [6.45, 7) is 3.55. The minimum Gasteiger partial charge on any atom is -0.444 e. The van der Waals surface area contributed by atoms with Gasteiger partial charge in [0.05, 0.1) is 0 Å². The van der Waals surface area contributed by atoms with Gasteiger partial charge in [0.25, 0.3) is 5.91 Å². The highest BCUT2D eigenvalue weighted by molar-refractivity contribution is 9.10. The number of amides is 1. The molecule has 94 valence electrons. The quantitative estimate of drug-likeness (QED) is 0.781. The van der Waals surface area contributed by atoms with Crippen LogP contribution in [0.25, 0.3) is 0 Å². The Bertz CT molecular complexity index is 397. The molecule has 1 aromatic heterocycles. The molecule has 1 saturated heterocycles. The van der Waals surface area contributed by atoms with Crippen LogP contribution in [-0.2, 0) is 0 Å². The van der Waals surface area contributed by atoms with Gasteiger partial charge in [-0.2, -0.15) is 0 Å². The number of halogens is 2. The first-order chi connectivity index (χ1) is 8.08. The molecule has 1 fully saturated rings. The Morgan fingerprint density at radius 1 is 1.53 bits per heavy atom. The zero-order valence-electron chi connectivity index (χ0n) is 9.66. The van der Waals surface area contributed by atoms with Gasteiger partial charge < -0.3 is 9.32 Å². The number of alkyl halides is 1. The second kappa shape index (κ2) is 5.44. The van der Waals surface area contributed by atoms with Crippen LogP contribution in [0.3, 0.4) is 0 Å². The molecule has 0 N–H and O–H groups in total. The zero-order valence-corrected chi connectivity index (χ0v) is 12.0. The summed E-state index contributed by atoms with van der Waals surface area (Å²) < 4.78 is 5.86. The van der Waals surface area contributed by atoms with Crippen molar-refractivity contribution < 1.29 is 9.21 Å². The normalized spacial score (nSPS) is 19.4. The van der Waals surface area contributed by atoms with Crippen molar-refractivity contribution in [3.05, 3.63) is 22.6 Å². The van der Waals surface area contributed by atoms with E-state index in [-0.39, 0.29) is 11.3 Å². The van der Waals surface area contributed by atoms with Crippen LogP contribution in [0, 0.1) is 5.92 Å². The van der Waals surface area contributed by atoms with Gasteiger partial charge in [-0.1, -0.05) is 0 Å². The van der Waals surface area contributed by atoms with Crippen molar-refractivity contribution in [1.82, 2.24) is 4.90 Å². The highest BCUT2D eigenvalue weighted by Gasteiger charge is 2.27. The second-order valence-corrected chi connectivity index (χ2v) is 5.88. The highest BCUT2D eigenvalue weighted by atomic mass is 79.9. The predicted octanol–water partition coefficient (Wildman–Crippen LogP) is 3.52. The van der Waals surface area contributed by atoms with Crippen molar-refractivity contribution in [2.24, 2.45) is 5.92 Å². The SMILES string of the molecule is CC(Cl)C1CCN(C(=O)c2ccc(Br)o2)CC1. The average molecular weight is 321 g/mol. The van der Waals surface area contributed by atoms with E-state index in [1.807, 2.05) is 11.8 Å². The molecule has 3 nitrogen and oxygen atoms in total. The Kier molecular flexibility index (Phi) is 4.15. The van der Waals surface area contributed by atoms with Crippen molar-refractivity contribution in [2.45, 2.75) is 25.1 Å². The lowest BCUT2D eigenvalue weighted by Crippen LogP contribution is -2.39. The topological polar surface area (TPSA) is 33.5 Å². The Balaban J connectivity index is 1.95. The first kappa shape index (κ1) is 13.0. The van der Waals surface area contributed by atoms with Gasteiger partial charge in [-0.15, -0.1) is 11.6 Å². The standard InChI is InChI=1S/C12H15BrClNO2/c1-8(14)9-4-6-15(7-5-9)12(16)10-2-3-11(13)17-10/h2-3,8-9H,4-7H2,1H3. The molecule has 0 radical (unpaired) electrons. The Labute approximate surface area is 114 Å². The number of carbonyl (C=O) groups excluding carboxylic acids is 1. The van der Waals surface area contributed by atoms with Gasteiger partial charge in [-0.05, 0) is 53.7 Å². The minimum absolute atomic E-state index is 0.0311. The molecule has 2 rings (SSSR count). The molecule has 2 heterocycles. The van der Waals surface area contributed by atoms with Crippen LogP contribution in [0.4, 0.5) is 0 Å².